The Morgan fingerprint density at radius 3 is 2.72 bits per heavy atom. The minimum Gasteiger partial charge on any atom is -0.486 e. The first-order chi connectivity index (χ1) is 12.1. The number of nitrogens with one attached hydrogen (secondary N) is 1. The molecule has 0 atom stereocenters. The Kier molecular flexibility index (Phi) is 5.91. The highest BCUT2D eigenvalue weighted by molar-refractivity contribution is 7.99. The van der Waals surface area contributed by atoms with Crippen LogP contribution in [0.5, 0.6) is 5.75 Å². The van der Waals surface area contributed by atoms with Crippen molar-refractivity contribution < 1.29 is 9.53 Å². The molecule has 1 aromatic carbocycles. The third-order valence-corrected chi connectivity index (χ3v) is 5.14. The smallest absolute Gasteiger partial charge is 0.251 e. The highest BCUT2D eigenvalue weighted by atomic mass is 32.2. The second-order valence-corrected chi connectivity index (χ2v) is 7.53. The number of ether oxygens (including phenoxy) is 1. The van der Waals surface area contributed by atoms with Crippen molar-refractivity contribution in [1.29, 1.82) is 0 Å². The molecule has 0 aliphatic carbocycles. The predicted octanol–water partition coefficient (Wildman–Crippen LogP) is 2.46. The molecule has 1 aliphatic heterocycles. The van der Waals surface area contributed by atoms with Gasteiger partial charge in [-0.1, -0.05) is 0 Å². The number of carbonyl (C=O) groups excluding carboxylic acids is 1. The molecule has 1 aromatic heterocycles. The number of thioether (sulfide) groups is 1. The number of nitrogens with zero attached hydrogens (tertiary/aromatic N) is 4. The Hall–Kier alpha value is -2.09. The van der Waals surface area contributed by atoms with E-state index in [-0.39, 0.29) is 18.6 Å². The summed E-state index contributed by atoms with van der Waals surface area (Å²) in [6.45, 7) is 4.31. The van der Waals surface area contributed by atoms with Crippen LogP contribution in [-0.2, 0) is 6.61 Å². The van der Waals surface area contributed by atoms with Gasteiger partial charge in [0.15, 0.2) is 5.82 Å². The molecule has 1 amide bonds. The molecule has 7 nitrogen and oxygen atoms in total. The number of carbonyl (C=O) groups is 1. The number of hydrogen-bond acceptors (Lipinski definition) is 6. The molecule has 1 N–H and O–H groups in total. The van der Waals surface area contributed by atoms with Crippen molar-refractivity contribution in [3.05, 3.63) is 35.7 Å². The molecule has 1 fully saturated rings. The van der Waals surface area contributed by atoms with Gasteiger partial charge in [-0.3, -0.25) is 4.79 Å². The van der Waals surface area contributed by atoms with Crippen molar-refractivity contribution in [2.75, 3.05) is 11.5 Å². The van der Waals surface area contributed by atoms with E-state index in [0.717, 1.165) is 24.3 Å². The Bertz CT molecular complexity index is 695. The van der Waals surface area contributed by atoms with E-state index < -0.39 is 0 Å². The highest BCUT2D eigenvalue weighted by Crippen LogP contribution is 2.18. The van der Waals surface area contributed by atoms with Crippen LogP contribution < -0.4 is 10.1 Å². The van der Waals surface area contributed by atoms with Crippen LogP contribution >= 0.6 is 11.8 Å². The number of aromatic nitrogens is 4. The summed E-state index contributed by atoms with van der Waals surface area (Å²) in [6.07, 6.45) is 2.09. The molecule has 0 saturated carbocycles. The lowest BCUT2D eigenvalue weighted by atomic mass is 10.1. The average molecular weight is 361 g/mol. The van der Waals surface area contributed by atoms with Gasteiger partial charge in [-0.2, -0.15) is 11.8 Å². The van der Waals surface area contributed by atoms with Gasteiger partial charge >= 0.3 is 0 Å². The normalized spacial score (nSPS) is 15.3. The van der Waals surface area contributed by atoms with Crippen LogP contribution in [0.3, 0.4) is 0 Å². The molecule has 0 radical (unpaired) electrons. The minimum absolute atomic E-state index is 0.0211. The van der Waals surface area contributed by atoms with E-state index in [0.29, 0.717) is 23.2 Å². The highest BCUT2D eigenvalue weighted by Gasteiger charge is 2.17. The van der Waals surface area contributed by atoms with Gasteiger partial charge in [0.25, 0.3) is 5.91 Å². The van der Waals surface area contributed by atoms with Crippen LogP contribution in [0.15, 0.2) is 24.3 Å². The van der Waals surface area contributed by atoms with Crippen molar-refractivity contribution in [2.24, 2.45) is 0 Å². The molecule has 25 heavy (non-hydrogen) atoms. The van der Waals surface area contributed by atoms with E-state index in [1.54, 1.807) is 28.9 Å². The van der Waals surface area contributed by atoms with Gasteiger partial charge in [-0.15, -0.1) is 5.10 Å². The molecule has 0 spiro atoms. The number of benzene rings is 1. The van der Waals surface area contributed by atoms with Gasteiger partial charge in [0, 0.05) is 11.6 Å². The zero-order chi connectivity index (χ0) is 17.6. The molecule has 2 aromatic rings. The van der Waals surface area contributed by atoms with E-state index in [1.165, 1.54) is 0 Å². The molecule has 0 bridgehead atoms. The van der Waals surface area contributed by atoms with Crippen molar-refractivity contribution in [1.82, 2.24) is 25.5 Å². The molecule has 1 saturated heterocycles. The van der Waals surface area contributed by atoms with E-state index in [9.17, 15) is 4.79 Å². The van der Waals surface area contributed by atoms with Gasteiger partial charge in [0.2, 0.25) is 0 Å². The van der Waals surface area contributed by atoms with Crippen LogP contribution in [0.2, 0.25) is 0 Å². The van der Waals surface area contributed by atoms with Crippen LogP contribution in [0.25, 0.3) is 0 Å². The standard InChI is InChI=1S/C17H23N5O2S/c1-12(2)22-16(19-20-21-22)11-24-15-5-3-13(4-6-15)17(23)18-14-7-9-25-10-8-14/h3-6,12,14H,7-11H2,1-2H3,(H,18,23). The van der Waals surface area contributed by atoms with Gasteiger partial charge in [0.1, 0.15) is 12.4 Å². The summed E-state index contributed by atoms with van der Waals surface area (Å²) in [5, 5.41) is 14.7. The molecule has 3 rings (SSSR count). The first kappa shape index (κ1) is 17.7. The maximum Gasteiger partial charge on any atom is 0.251 e. The molecule has 2 heterocycles. The fraction of sp³-hybridized carbons (Fsp3) is 0.529. The topological polar surface area (TPSA) is 81.9 Å². The number of amides is 1. The first-order valence-electron chi connectivity index (χ1n) is 8.51. The minimum atomic E-state index is -0.0211. The van der Waals surface area contributed by atoms with Gasteiger partial charge in [-0.05, 0) is 72.9 Å². The fourth-order valence-electron chi connectivity index (χ4n) is 2.67. The second kappa shape index (κ2) is 8.33. The van der Waals surface area contributed by atoms with Crippen molar-refractivity contribution in [3.63, 3.8) is 0 Å². The monoisotopic (exact) mass is 361 g/mol. The molecule has 8 heteroatoms. The average Bonchev–Trinajstić information content (AvgIpc) is 3.10. The van der Waals surface area contributed by atoms with E-state index in [2.05, 4.69) is 20.8 Å². The summed E-state index contributed by atoms with van der Waals surface area (Å²) >= 11 is 1.95. The van der Waals surface area contributed by atoms with Gasteiger partial charge < -0.3 is 10.1 Å². The molecular weight excluding hydrogens is 338 g/mol. The maximum absolute atomic E-state index is 12.3. The molecule has 0 unspecified atom stereocenters. The summed E-state index contributed by atoms with van der Waals surface area (Å²) in [7, 11) is 0. The van der Waals surface area contributed by atoms with Crippen LogP contribution in [0.1, 0.15) is 48.9 Å². The van der Waals surface area contributed by atoms with E-state index in [4.69, 9.17) is 4.74 Å². The van der Waals surface area contributed by atoms with Crippen LogP contribution in [-0.4, -0.2) is 43.7 Å². The third kappa shape index (κ3) is 4.72. The Balaban J connectivity index is 1.54. The zero-order valence-electron chi connectivity index (χ0n) is 14.5. The Labute approximate surface area is 151 Å². The lowest BCUT2D eigenvalue weighted by molar-refractivity contribution is 0.0935. The lowest BCUT2D eigenvalue weighted by Crippen LogP contribution is -2.37. The zero-order valence-corrected chi connectivity index (χ0v) is 15.3. The van der Waals surface area contributed by atoms with Crippen LogP contribution in [0, 0.1) is 0 Å². The van der Waals surface area contributed by atoms with Crippen molar-refractivity contribution in [3.8, 4) is 5.75 Å². The number of hydrogen-bond donors (Lipinski definition) is 1. The molecule has 1 aliphatic rings. The Morgan fingerprint density at radius 1 is 1.32 bits per heavy atom. The SMILES string of the molecule is CC(C)n1nnnc1COc1ccc(C(=O)NC2CCSCC2)cc1. The van der Waals surface area contributed by atoms with Crippen molar-refractivity contribution in [2.45, 2.75) is 45.4 Å². The number of tetrazole rings is 1. The largest absolute Gasteiger partial charge is 0.486 e. The van der Waals surface area contributed by atoms with Gasteiger partial charge in [-0.25, -0.2) is 4.68 Å². The quantitative estimate of drug-likeness (QED) is 0.851. The second-order valence-electron chi connectivity index (χ2n) is 6.31. The molecule has 134 valence electrons. The van der Waals surface area contributed by atoms with Crippen LogP contribution in [0.4, 0.5) is 0 Å². The summed E-state index contributed by atoms with van der Waals surface area (Å²) < 4.78 is 7.45. The molecular formula is C17H23N5O2S. The maximum atomic E-state index is 12.3. The summed E-state index contributed by atoms with van der Waals surface area (Å²) in [6, 6.07) is 7.64. The first-order valence-corrected chi connectivity index (χ1v) is 9.67. The van der Waals surface area contributed by atoms with Crippen molar-refractivity contribution >= 4 is 17.7 Å². The van der Waals surface area contributed by atoms with Gasteiger partial charge in [0.05, 0.1) is 6.04 Å². The predicted molar refractivity (Wildman–Crippen MR) is 96.8 cm³/mol. The summed E-state index contributed by atoms with van der Waals surface area (Å²) in [5.74, 6) is 3.57. The Morgan fingerprint density at radius 2 is 2.04 bits per heavy atom. The number of rotatable bonds is 6. The fourth-order valence-corrected chi connectivity index (χ4v) is 3.78. The summed E-state index contributed by atoms with van der Waals surface area (Å²) in [5.41, 5.74) is 0.651. The van der Waals surface area contributed by atoms with E-state index in [1.807, 2.05) is 25.6 Å². The van der Waals surface area contributed by atoms with E-state index >= 15 is 0 Å². The lowest BCUT2D eigenvalue weighted by Gasteiger charge is -2.22. The third-order valence-electron chi connectivity index (χ3n) is 4.09. The summed E-state index contributed by atoms with van der Waals surface area (Å²) in [4.78, 5) is 12.3.